The molecule has 3 N–H and O–H groups in total. The Morgan fingerprint density at radius 1 is 1.19 bits per heavy atom. The molecule has 7 heteroatoms. The maximum Gasteiger partial charge on any atom is 0.223 e. The van der Waals surface area contributed by atoms with Gasteiger partial charge in [0.2, 0.25) is 5.95 Å². The van der Waals surface area contributed by atoms with Gasteiger partial charge in [-0.25, -0.2) is 4.98 Å². The molecule has 6 nitrogen and oxygen atoms in total. The van der Waals surface area contributed by atoms with Gasteiger partial charge in [-0.15, -0.1) is 0 Å². The van der Waals surface area contributed by atoms with Crippen molar-refractivity contribution in [2.75, 3.05) is 30.8 Å². The van der Waals surface area contributed by atoms with Crippen molar-refractivity contribution in [1.82, 2.24) is 9.97 Å². The molecule has 0 spiro atoms. The highest BCUT2D eigenvalue weighted by molar-refractivity contribution is 7.99. The second-order valence-corrected chi connectivity index (χ2v) is 5.48. The lowest BCUT2D eigenvalue weighted by atomic mass is 10.3. The lowest BCUT2D eigenvalue weighted by Gasteiger charge is -2.18. The van der Waals surface area contributed by atoms with Gasteiger partial charge < -0.3 is 20.5 Å². The molecule has 3 rings (SSSR count). The van der Waals surface area contributed by atoms with Crippen molar-refractivity contribution in [2.45, 2.75) is 16.8 Å². The third-order valence-corrected chi connectivity index (χ3v) is 3.72. The molecule has 1 aromatic carbocycles. The van der Waals surface area contributed by atoms with Gasteiger partial charge in [-0.3, -0.25) is 0 Å². The van der Waals surface area contributed by atoms with E-state index in [0.717, 1.165) is 33.8 Å². The third-order valence-electron chi connectivity index (χ3n) is 2.81. The van der Waals surface area contributed by atoms with Crippen LogP contribution in [0, 0.1) is 0 Å². The van der Waals surface area contributed by atoms with Crippen molar-refractivity contribution >= 4 is 23.5 Å². The first-order valence-corrected chi connectivity index (χ1v) is 7.52. The van der Waals surface area contributed by atoms with Crippen molar-refractivity contribution in [1.29, 1.82) is 0 Å². The van der Waals surface area contributed by atoms with Crippen molar-refractivity contribution in [3.05, 3.63) is 24.3 Å². The van der Waals surface area contributed by atoms with Gasteiger partial charge in [-0.2, -0.15) is 4.98 Å². The van der Waals surface area contributed by atoms with E-state index in [2.05, 4.69) is 15.3 Å². The normalized spacial score (nSPS) is 13.0. The number of nitrogens with zero attached hydrogens (tertiary/aromatic N) is 2. The second kappa shape index (κ2) is 6.09. The summed E-state index contributed by atoms with van der Waals surface area (Å²) in [4.78, 5) is 9.39. The number of rotatable bonds is 4. The van der Waals surface area contributed by atoms with Gasteiger partial charge in [0.1, 0.15) is 24.1 Å². The highest BCUT2D eigenvalue weighted by Gasteiger charge is 2.13. The van der Waals surface area contributed by atoms with Gasteiger partial charge in [0.25, 0.3) is 0 Å². The van der Waals surface area contributed by atoms with Crippen molar-refractivity contribution < 1.29 is 9.47 Å². The van der Waals surface area contributed by atoms with Crippen molar-refractivity contribution in [3.8, 4) is 11.5 Å². The van der Waals surface area contributed by atoms with E-state index in [0.29, 0.717) is 13.2 Å². The average molecular weight is 304 g/mol. The van der Waals surface area contributed by atoms with E-state index in [4.69, 9.17) is 15.2 Å². The second-order valence-electron chi connectivity index (χ2n) is 4.39. The molecule has 0 atom stereocenters. The number of benzene rings is 1. The Bertz CT molecular complexity index is 651. The molecule has 1 aromatic heterocycles. The molecule has 0 bridgehead atoms. The summed E-state index contributed by atoms with van der Waals surface area (Å²) in [6, 6.07) is 7.71. The first kappa shape index (κ1) is 13.8. The van der Waals surface area contributed by atoms with Crippen LogP contribution in [-0.2, 0) is 0 Å². The first-order chi connectivity index (χ1) is 10.2. The molecular weight excluding hydrogens is 288 g/mol. The van der Waals surface area contributed by atoms with Gasteiger partial charge in [-0.1, -0.05) is 11.8 Å². The Morgan fingerprint density at radius 2 is 2.00 bits per heavy atom. The lowest BCUT2D eigenvalue weighted by Crippen LogP contribution is -2.15. The number of nitrogen functional groups attached to an aromatic ring is 1. The molecule has 0 radical (unpaired) electrons. The number of anilines is 2. The van der Waals surface area contributed by atoms with Crippen LogP contribution in [0.3, 0.4) is 0 Å². The van der Waals surface area contributed by atoms with Crippen LogP contribution in [0.2, 0.25) is 0 Å². The smallest absolute Gasteiger partial charge is 0.223 e. The number of aromatic nitrogens is 2. The quantitative estimate of drug-likeness (QED) is 0.839. The van der Waals surface area contributed by atoms with E-state index in [1.807, 2.05) is 31.2 Å². The molecule has 2 heterocycles. The molecule has 2 aromatic rings. The third kappa shape index (κ3) is 3.30. The number of hydrogen-bond acceptors (Lipinski definition) is 7. The Balaban J connectivity index is 1.83. The summed E-state index contributed by atoms with van der Waals surface area (Å²) in [5.41, 5.74) is 5.73. The fraction of sp³-hybridized carbons (Fsp3) is 0.286. The van der Waals surface area contributed by atoms with Crippen LogP contribution in [-0.4, -0.2) is 29.7 Å². The molecule has 110 valence electrons. The monoisotopic (exact) mass is 304 g/mol. The Morgan fingerprint density at radius 3 is 2.81 bits per heavy atom. The van der Waals surface area contributed by atoms with Crippen LogP contribution < -0.4 is 20.5 Å². The maximum atomic E-state index is 5.73. The van der Waals surface area contributed by atoms with Crippen molar-refractivity contribution in [2.24, 2.45) is 0 Å². The highest BCUT2D eigenvalue weighted by atomic mass is 32.2. The number of fused-ring (bicyclic) bond motifs is 1. The van der Waals surface area contributed by atoms with E-state index < -0.39 is 0 Å². The largest absolute Gasteiger partial charge is 0.486 e. The summed E-state index contributed by atoms with van der Waals surface area (Å²) in [6.07, 6.45) is 0. The predicted octanol–water partition coefficient (Wildman–Crippen LogP) is 2.41. The molecule has 21 heavy (non-hydrogen) atoms. The van der Waals surface area contributed by atoms with Crippen LogP contribution in [0.4, 0.5) is 11.8 Å². The summed E-state index contributed by atoms with van der Waals surface area (Å²) in [5.74, 6) is 2.53. The average Bonchev–Trinajstić information content (AvgIpc) is 2.47. The number of nitrogens with one attached hydrogen (secondary N) is 1. The minimum Gasteiger partial charge on any atom is -0.486 e. The fourth-order valence-corrected chi connectivity index (χ4v) is 2.83. The topological polar surface area (TPSA) is 82.3 Å². The van der Waals surface area contributed by atoms with Gasteiger partial charge in [0.15, 0.2) is 11.5 Å². The molecule has 1 aliphatic rings. The van der Waals surface area contributed by atoms with Crippen LogP contribution in [0.15, 0.2) is 34.2 Å². The fourth-order valence-electron chi connectivity index (χ4n) is 1.97. The van der Waals surface area contributed by atoms with E-state index in [1.54, 1.807) is 0 Å². The van der Waals surface area contributed by atoms with Gasteiger partial charge in [0.05, 0.1) is 0 Å². The van der Waals surface area contributed by atoms with Crippen LogP contribution in [0.25, 0.3) is 0 Å². The number of ether oxygens (including phenoxy) is 2. The summed E-state index contributed by atoms with van der Waals surface area (Å²) < 4.78 is 11.1. The van der Waals surface area contributed by atoms with E-state index in [-0.39, 0.29) is 5.95 Å². The number of hydrogen-bond donors (Lipinski definition) is 2. The minimum atomic E-state index is 0.258. The van der Waals surface area contributed by atoms with Crippen LogP contribution >= 0.6 is 11.8 Å². The van der Waals surface area contributed by atoms with Crippen molar-refractivity contribution in [3.63, 3.8) is 0 Å². The maximum absolute atomic E-state index is 5.73. The first-order valence-electron chi connectivity index (χ1n) is 6.70. The van der Waals surface area contributed by atoms with Gasteiger partial charge in [0, 0.05) is 17.5 Å². The minimum absolute atomic E-state index is 0.258. The van der Waals surface area contributed by atoms with Crippen LogP contribution in [0.1, 0.15) is 6.92 Å². The highest BCUT2D eigenvalue weighted by Crippen LogP contribution is 2.36. The molecule has 0 amide bonds. The SMILES string of the molecule is CCNc1cc(Sc2ccc3c(c2)OCCO3)nc(N)n1. The zero-order chi connectivity index (χ0) is 14.7. The van der Waals surface area contributed by atoms with E-state index in [9.17, 15) is 0 Å². The lowest BCUT2D eigenvalue weighted by molar-refractivity contribution is 0.171. The summed E-state index contributed by atoms with van der Waals surface area (Å²) >= 11 is 1.51. The Hall–Kier alpha value is -2.15. The molecule has 1 aliphatic heterocycles. The predicted molar refractivity (Wildman–Crippen MR) is 82.2 cm³/mol. The number of nitrogens with two attached hydrogens (primary N) is 1. The molecule has 0 fully saturated rings. The summed E-state index contributed by atoms with van der Waals surface area (Å²) in [7, 11) is 0. The van der Waals surface area contributed by atoms with Crippen LogP contribution in [0.5, 0.6) is 11.5 Å². The molecule has 0 saturated carbocycles. The molecule has 0 saturated heterocycles. The van der Waals surface area contributed by atoms with E-state index >= 15 is 0 Å². The summed E-state index contributed by atoms with van der Waals surface area (Å²) in [6.45, 7) is 3.96. The zero-order valence-corrected chi connectivity index (χ0v) is 12.4. The molecular formula is C14H16N4O2S. The Kier molecular flexibility index (Phi) is 4.01. The van der Waals surface area contributed by atoms with E-state index in [1.165, 1.54) is 11.8 Å². The molecule has 0 aliphatic carbocycles. The van der Waals surface area contributed by atoms with Gasteiger partial charge in [-0.05, 0) is 25.1 Å². The Labute approximate surface area is 127 Å². The van der Waals surface area contributed by atoms with Gasteiger partial charge >= 0.3 is 0 Å². The summed E-state index contributed by atoms with van der Waals surface area (Å²) in [5, 5.41) is 3.92. The standard InChI is InChI=1S/C14H16N4O2S/c1-2-16-12-8-13(18-14(15)17-12)21-9-3-4-10-11(7-9)20-6-5-19-10/h3-4,7-8H,2,5-6H2,1H3,(H3,15,16,17,18). The molecule has 0 unspecified atom stereocenters. The zero-order valence-electron chi connectivity index (χ0n) is 11.6.